The molecule has 0 aliphatic rings. The second kappa shape index (κ2) is 12.7. The number of rotatable bonds is 8. The molecule has 206 valence electrons. The summed E-state index contributed by atoms with van der Waals surface area (Å²) in [6.45, 7) is 2.19. The van der Waals surface area contributed by atoms with Crippen LogP contribution in [0.5, 0.6) is 11.5 Å². The van der Waals surface area contributed by atoms with Crippen molar-refractivity contribution in [2.45, 2.75) is 6.92 Å². The molecule has 0 spiro atoms. The maximum absolute atomic E-state index is 13.3. The van der Waals surface area contributed by atoms with Crippen molar-refractivity contribution in [2.24, 2.45) is 5.10 Å². The number of H-pyrrole nitrogens is 1. The van der Waals surface area contributed by atoms with E-state index in [1.807, 2.05) is 43.3 Å². The second-order valence-electron chi connectivity index (χ2n) is 8.79. The van der Waals surface area contributed by atoms with E-state index in [0.29, 0.717) is 45.3 Å². The Kier molecular flexibility index (Phi) is 8.87. The molecule has 0 radical (unpaired) electrons. The molecule has 0 fully saturated rings. The quantitative estimate of drug-likeness (QED) is 0.0739. The molecule has 41 heavy (non-hydrogen) atoms. The van der Waals surface area contributed by atoms with Gasteiger partial charge >= 0.3 is 5.97 Å². The Balaban J connectivity index is 1.37. The van der Waals surface area contributed by atoms with Gasteiger partial charge in [-0.25, -0.2) is 10.2 Å². The third kappa shape index (κ3) is 6.53. The summed E-state index contributed by atoms with van der Waals surface area (Å²) in [5, 5.41) is 5.45. The van der Waals surface area contributed by atoms with Crippen LogP contribution in [-0.2, 0) is 0 Å². The Hall–Kier alpha value is -3.92. The van der Waals surface area contributed by atoms with Crippen molar-refractivity contribution in [3.8, 4) is 22.6 Å². The number of nitrogens with one attached hydrogen (secondary N) is 2. The van der Waals surface area contributed by atoms with E-state index in [1.165, 1.54) is 6.21 Å². The average Bonchev–Trinajstić information content (AvgIpc) is 3.35. The lowest BCUT2D eigenvalue weighted by atomic mass is 10.0. The Morgan fingerprint density at radius 1 is 0.951 bits per heavy atom. The zero-order valence-electron chi connectivity index (χ0n) is 21.6. The molecule has 1 aromatic heterocycles. The fraction of sp³-hybridized carbons (Fsp3) is 0.0645. The van der Waals surface area contributed by atoms with E-state index in [4.69, 9.17) is 21.1 Å². The van der Waals surface area contributed by atoms with E-state index in [1.54, 1.807) is 48.5 Å². The van der Waals surface area contributed by atoms with Gasteiger partial charge in [0, 0.05) is 19.9 Å². The fourth-order valence-electron chi connectivity index (χ4n) is 4.22. The van der Waals surface area contributed by atoms with E-state index < -0.39 is 11.9 Å². The zero-order chi connectivity index (χ0) is 28.9. The van der Waals surface area contributed by atoms with Crippen LogP contribution in [-0.4, -0.2) is 29.7 Å². The van der Waals surface area contributed by atoms with Gasteiger partial charge in [-0.3, -0.25) is 4.79 Å². The SMILES string of the molecule is CCOc1cc(C=NNC(=O)c2[nH]c3c(Cl)cc(Br)cc3c2-c2ccccc2)ccc1OC(=O)c1ccc(Br)cc1. The van der Waals surface area contributed by atoms with E-state index in [-0.39, 0.29) is 5.75 Å². The van der Waals surface area contributed by atoms with Crippen molar-refractivity contribution in [3.63, 3.8) is 0 Å². The topological polar surface area (TPSA) is 92.8 Å². The van der Waals surface area contributed by atoms with Gasteiger partial charge in [0.05, 0.1) is 28.9 Å². The van der Waals surface area contributed by atoms with Crippen LogP contribution >= 0.6 is 43.5 Å². The van der Waals surface area contributed by atoms with Crippen molar-refractivity contribution in [3.05, 3.63) is 116 Å². The Labute approximate surface area is 257 Å². The van der Waals surface area contributed by atoms with Gasteiger partial charge in [0.2, 0.25) is 0 Å². The summed E-state index contributed by atoms with van der Waals surface area (Å²) >= 11 is 13.3. The minimum atomic E-state index is -0.508. The van der Waals surface area contributed by atoms with Crippen LogP contribution in [0.3, 0.4) is 0 Å². The molecule has 1 heterocycles. The summed E-state index contributed by atoms with van der Waals surface area (Å²) < 4.78 is 12.9. The van der Waals surface area contributed by atoms with E-state index in [2.05, 4.69) is 47.4 Å². The molecular weight excluding hydrogens is 674 g/mol. The van der Waals surface area contributed by atoms with Gasteiger partial charge in [0.15, 0.2) is 11.5 Å². The largest absolute Gasteiger partial charge is 0.490 e. The highest BCUT2D eigenvalue weighted by atomic mass is 79.9. The number of ether oxygens (including phenoxy) is 2. The highest BCUT2D eigenvalue weighted by molar-refractivity contribution is 9.10. The van der Waals surface area contributed by atoms with Crippen LogP contribution in [0.4, 0.5) is 0 Å². The van der Waals surface area contributed by atoms with Gasteiger partial charge in [-0.2, -0.15) is 5.10 Å². The number of hydrogen-bond acceptors (Lipinski definition) is 5. The predicted octanol–water partition coefficient (Wildman–Crippen LogP) is 8.40. The number of hydrogen-bond donors (Lipinski definition) is 2. The van der Waals surface area contributed by atoms with Crippen LogP contribution in [0.1, 0.15) is 33.3 Å². The van der Waals surface area contributed by atoms with Crippen molar-refractivity contribution < 1.29 is 19.1 Å². The first kappa shape index (κ1) is 28.6. The van der Waals surface area contributed by atoms with Crippen LogP contribution < -0.4 is 14.9 Å². The van der Waals surface area contributed by atoms with Crippen LogP contribution in [0, 0.1) is 0 Å². The first-order valence-electron chi connectivity index (χ1n) is 12.5. The number of benzene rings is 4. The molecule has 5 rings (SSSR count). The smallest absolute Gasteiger partial charge is 0.343 e. The number of fused-ring (bicyclic) bond motifs is 1. The molecule has 0 atom stereocenters. The van der Waals surface area contributed by atoms with Crippen molar-refractivity contribution in [2.75, 3.05) is 6.61 Å². The number of halogens is 3. The molecule has 0 aliphatic carbocycles. The number of esters is 1. The number of nitrogens with zero attached hydrogens (tertiary/aromatic N) is 1. The lowest BCUT2D eigenvalue weighted by molar-refractivity contribution is 0.0728. The summed E-state index contributed by atoms with van der Waals surface area (Å²) in [6, 6.07) is 25.1. The maximum atomic E-state index is 13.3. The second-order valence-corrected chi connectivity index (χ2v) is 11.0. The van der Waals surface area contributed by atoms with E-state index >= 15 is 0 Å². The highest BCUT2D eigenvalue weighted by Gasteiger charge is 2.21. The molecular formula is C31H22Br2ClN3O4. The first-order chi connectivity index (χ1) is 19.8. The molecule has 5 aromatic rings. The number of amides is 1. The van der Waals surface area contributed by atoms with Gasteiger partial charge < -0.3 is 14.5 Å². The summed E-state index contributed by atoms with van der Waals surface area (Å²) in [4.78, 5) is 29.1. The highest BCUT2D eigenvalue weighted by Crippen LogP contribution is 2.37. The minimum absolute atomic E-state index is 0.273. The first-order valence-corrected chi connectivity index (χ1v) is 14.4. The summed E-state index contributed by atoms with van der Waals surface area (Å²) in [7, 11) is 0. The number of aromatic nitrogens is 1. The molecule has 7 nitrogen and oxygen atoms in total. The third-order valence-electron chi connectivity index (χ3n) is 6.04. The molecule has 4 aromatic carbocycles. The van der Waals surface area contributed by atoms with Crippen molar-refractivity contribution in [1.29, 1.82) is 0 Å². The fourth-order valence-corrected chi connectivity index (χ4v) is 5.34. The van der Waals surface area contributed by atoms with Crippen molar-refractivity contribution in [1.82, 2.24) is 10.4 Å². The molecule has 2 N–H and O–H groups in total. The number of carbonyl (C=O) groups is 2. The van der Waals surface area contributed by atoms with Gasteiger partial charge in [0.25, 0.3) is 5.91 Å². The predicted molar refractivity (Wildman–Crippen MR) is 168 cm³/mol. The van der Waals surface area contributed by atoms with Crippen LogP contribution in [0.25, 0.3) is 22.0 Å². The summed E-state index contributed by atoms with van der Waals surface area (Å²) in [5.41, 5.74) is 6.18. The number of hydrazone groups is 1. The Morgan fingerprint density at radius 3 is 2.44 bits per heavy atom. The summed E-state index contributed by atoms with van der Waals surface area (Å²) in [6.07, 6.45) is 1.48. The molecule has 0 unspecified atom stereocenters. The molecule has 0 saturated carbocycles. The van der Waals surface area contributed by atoms with Gasteiger partial charge in [0.1, 0.15) is 5.69 Å². The van der Waals surface area contributed by atoms with Crippen LogP contribution in [0.15, 0.2) is 99.0 Å². The van der Waals surface area contributed by atoms with E-state index in [9.17, 15) is 9.59 Å². The standard InChI is InChI=1S/C31H22Br2ClN3O4/c1-2-40-26-14-18(8-13-25(26)41-31(39)20-9-11-21(32)12-10-20)17-35-37-30(38)29-27(19-6-4-3-5-7-19)23-15-22(33)16-24(34)28(23)36-29/h3-17,36H,2H2,1H3,(H,37,38). The monoisotopic (exact) mass is 693 g/mol. The summed E-state index contributed by atoms with van der Waals surface area (Å²) in [5.74, 6) is -0.301. The van der Waals surface area contributed by atoms with Crippen LogP contribution in [0.2, 0.25) is 5.02 Å². The molecule has 0 aliphatic heterocycles. The van der Waals surface area contributed by atoms with Crippen molar-refractivity contribution >= 4 is 72.5 Å². The normalized spacial score (nSPS) is 11.1. The zero-order valence-corrected chi connectivity index (χ0v) is 25.5. The average molecular weight is 696 g/mol. The Morgan fingerprint density at radius 2 is 1.71 bits per heavy atom. The molecule has 1 amide bonds. The van der Waals surface area contributed by atoms with Gasteiger partial charge in [-0.15, -0.1) is 0 Å². The van der Waals surface area contributed by atoms with Gasteiger partial charge in [-0.05, 0) is 72.6 Å². The van der Waals surface area contributed by atoms with Gasteiger partial charge in [-0.1, -0.05) is 73.8 Å². The number of aromatic amines is 1. The lowest BCUT2D eigenvalue weighted by Gasteiger charge is -2.11. The minimum Gasteiger partial charge on any atom is -0.490 e. The maximum Gasteiger partial charge on any atom is 0.343 e. The van der Waals surface area contributed by atoms with E-state index in [0.717, 1.165) is 19.9 Å². The third-order valence-corrected chi connectivity index (χ3v) is 7.33. The number of carbonyl (C=O) groups excluding carboxylic acids is 2. The molecule has 0 saturated heterocycles. The molecule has 10 heteroatoms. The lowest BCUT2D eigenvalue weighted by Crippen LogP contribution is -2.18. The Bertz CT molecular complexity index is 1770. The molecule has 0 bridgehead atoms.